The maximum absolute atomic E-state index is 5.98. The van der Waals surface area contributed by atoms with Crippen LogP contribution in [-0.2, 0) is 22.6 Å². The van der Waals surface area contributed by atoms with Crippen molar-refractivity contribution in [2.45, 2.75) is 38.5 Å². The third kappa shape index (κ3) is 6.27. The molecule has 0 aromatic heterocycles. The number of aliphatic imine (C=N–C) groups is 1. The molecule has 0 saturated carbocycles. The summed E-state index contributed by atoms with van der Waals surface area (Å²) in [5.74, 6) is 0.912. The summed E-state index contributed by atoms with van der Waals surface area (Å²) in [5.41, 5.74) is 2.48. The highest BCUT2D eigenvalue weighted by Crippen LogP contribution is 2.14. The Morgan fingerprint density at radius 3 is 2.87 bits per heavy atom. The van der Waals surface area contributed by atoms with E-state index in [0.29, 0.717) is 12.7 Å². The molecule has 128 valence electrons. The van der Waals surface area contributed by atoms with Gasteiger partial charge in [-0.1, -0.05) is 24.3 Å². The predicted molar refractivity (Wildman–Crippen MR) is 102 cm³/mol. The fraction of sp³-hybridized carbons (Fsp3) is 0.588. The molecule has 2 aliphatic rings. The summed E-state index contributed by atoms with van der Waals surface area (Å²) in [6, 6.07) is 8.55. The molecular weight excluding hydrogens is 405 g/mol. The molecule has 1 aromatic carbocycles. The quantitative estimate of drug-likeness (QED) is 0.704. The van der Waals surface area contributed by atoms with Gasteiger partial charge < -0.3 is 20.1 Å². The zero-order valence-corrected chi connectivity index (χ0v) is 15.8. The van der Waals surface area contributed by atoms with Gasteiger partial charge in [-0.2, -0.15) is 0 Å². The topological polar surface area (TPSA) is 54.9 Å². The Bertz CT molecular complexity index is 504. The molecule has 0 unspecified atom stereocenters. The lowest BCUT2D eigenvalue weighted by atomic mass is 10.1. The monoisotopic (exact) mass is 431 g/mol. The highest BCUT2D eigenvalue weighted by atomic mass is 127. The van der Waals surface area contributed by atoms with Crippen LogP contribution in [0.15, 0.2) is 29.3 Å². The third-order valence-electron chi connectivity index (χ3n) is 4.00. The van der Waals surface area contributed by atoms with Crippen LogP contribution in [0.3, 0.4) is 0 Å². The number of nitrogens with zero attached hydrogens (tertiary/aromatic N) is 1. The van der Waals surface area contributed by atoms with E-state index in [1.54, 1.807) is 0 Å². The van der Waals surface area contributed by atoms with Crippen molar-refractivity contribution in [3.63, 3.8) is 0 Å². The van der Waals surface area contributed by atoms with Crippen LogP contribution in [0.25, 0.3) is 0 Å². The minimum absolute atomic E-state index is 0. The number of halogens is 1. The van der Waals surface area contributed by atoms with Crippen LogP contribution in [0.4, 0.5) is 0 Å². The Labute approximate surface area is 155 Å². The highest BCUT2D eigenvalue weighted by Gasteiger charge is 2.14. The summed E-state index contributed by atoms with van der Waals surface area (Å²) in [4.78, 5) is 4.42. The lowest BCUT2D eigenvalue weighted by Gasteiger charge is -2.22. The fourth-order valence-corrected chi connectivity index (χ4v) is 2.72. The van der Waals surface area contributed by atoms with Crippen LogP contribution in [0.5, 0.6) is 0 Å². The molecule has 0 spiro atoms. The van der Waals surface area contributed by atoms with Crippen molar-refractivity contribution in [1.82, 2.24) is 10.6 Å². The molecule has 23 heavy (non-hydrogen) atoms. The first kappa shape index (κ1) is 18.5. The Morgan fingerprint density at radius 2 is 2.09 bits per heavy atom. The molecule has 2 N–H and O–H groups in total. The maximum Gasteiger partial charge on any atom is 0.191 e. The standard InChI is InChI=1S/C17H25N3O2.HI/c1-3-14(12-20-17-18-7-2-8-19-17)11-15(4-1)13-22-16-5-9-21-10-6-16;/h1,3-4,11,16H,2,5-10,12-13H2,(H2,18,19,20);1H. The van der Waals surface area contributed by atoms with Crippen molar-refractivity contribution in [3.8, 4) is 0 Å². The summed E-state index contributed by atoms with van der Waals surface area (Å²) in [6.45, 7) is 5.03. The van der Waals surface area contributed by atoms with Crippen LogP contribution < -0.4 is 10.6 Å². The van der Waals surface area contributed by atoms with Crippen molar-refractivity contribution in [2.75, 3.05) is 26.3 Å². The summed E-state index contributed by atoms with van der Waals surface area (Å²) in [5, 5.41) is 6.63. The lowest BCUT2D eigenvalue weighted by molar-refractivity contribution is -0.0390. The van der Waals surface area contributed by atoms with Gasteiger partial charge in [0, 0.05) is 32.8 Å². The first-order valence-corrected chi connectivity index (χ1v) is 8.19. The molecule has 5 nitrogen and oxygen atoms in total. The lowest BCUT2D eigenvalue weighted by Crippen LogP contribution is -2.40. The summed E-state index contributed by atoms with van der Waals surface area (Å²) < 4.78 is 11.3. The Balaban J connectivity index is 0.00000192. The molecule has 0 aliphatic carbocycles. The van der Waals surface area contributed by atoms with Gasteiger partial charge in [-0.25, -0.2) is 0 Å². The van der Waals surface area contributed by atoms with E-state index in [2.05, 4.69) is 39.9 Å². The largest absolute Gasteiger partial charge is 0.381 e. The molecule has 1 saturated heterocycles. The van der Waals surface area contributed by atoms with E-state index in [4.69, 9.17) is 9.47 Å². The van der Waals surface area contributed by atoms with E-state index in [1.165, 1.54) is 11.1 Å². The van der Waals surface area contributed by atoms with Crippen LogP contribution in [-0.4, -0.2) is 38.4 Å². The highest BCUT2D eigenvalue weighted by molar-refractivity contribution is 14.0. The van der Waals surface area contributed by atoms with Crippen LogP contribution in [0.2, 0.25) is 0 Å². The van der Waals surface area contributed by atoms with Gasteiger partial charge in [-0.05, 0) is 30.4 Å². The molecule has 2 heterocycles. The summed E-state index contributed by atoms with van der Waals surface area (Å²) in [7, 11) is 0. The number of hydrogen-bond acceptors (Lipinski definition) is 5. The Hall–Kier alpha value is -0.860. The first-order valence-electron chi connectivity index (χ1n) is 8.19. The third-order valence-corrected chi connectivity index (χ3v) is 4.00. The van der Waals surface area contributed by atoms with E-state index in [9.17, 15) is 0 Å². The van der Waals surface area contributed by atoms with Gasteiger partial charge in [0.15, 0.2) is 5.96 Å². The Kier molecular flexibility index (Phi) is 8.11. The normalized spacial score (nSPS) is 18.5. The van der Waals surface area contributed by atoms with E-state index in [0.717, 1.165) is 58.1 Å². The number of ether oxygens (including phenoxy) is 2. The Morgan fingerprint density at radius 1 is 1.26 bits per heavy atom. The minimum Gasteiger partial charge on any atom is -0.381 e. The molecule has 1 aromatic rings. The fourth-order valence-electron chi connectivity index (χ4n) is 2.72. The molecule has 6 heteroatoms. The molecule has 3 rings (SSSR count). The van der Waals surface area contributed by atoms with Crippen molar-refractivity contribution >= 4 is 29.9 Å². The predicted octanol–water partition coefficient (Wildman–Crippen LogP) is 2.44. The van der Waals surface area contributed by atoms with Gasteiger partial charge in [0.25, 0.3) is 0 Å². The van der Waals surface area contributed by atoms with Gasteiger partial charge in [0.05, 0.1) is 12.7 Å². The van der Waals surface area contributed by atoms with Crippen molar-refractivity contribution < 1.29 is 9.47 Å². The zero-order valence-electron chi connectivity index (χ0n) is 13.4. The SMILES string of the molecule is I.c1cc(CNC2=NCCCN2)cc(COC2CCOCC2)c1. The van der Waals surface area contributed by atoms with Gasteiger partial charge in [-0.15, -0.1) is 24.0 Å². The van der Waals surface area contributed by atoms with E-state index >= 15 is 0 Å². The van der Waals surface area contributed by atoms with Gasteiger partial charge >= 0.3 is 0 Å². The minimum atomic E-state index is 0. The summed E-state index contributed by atoms with van der Waals surface area (Å²) in [6.07, 6.45) is 3.47. The second-order valence-electron chi connectivity index (χ2n) is 5.81. The maximum atomic E-state index is 5.98. The van der Waals surface area contributed by atoms with Crippen molar-refractivity contribution in [2.24, 2.45) is 4.99 Å². The molecule has 0 amide bonds. The van der Waals surface area contributed by atoms with Crippen LogP contribution in [0.1, 0.15) is 30.4 Å². The molecule has 0 radical (unpaired) electrons. The number of benzene rings is 1. The molecule has 0 bridgehead atoms. The molecule has 0 atom stereocenters. The molecular formula is C17H26IN3O2. The first-order chi connectivity index (χ1) is 10.9. The van der Waals surface area contributed by atoms with Crippen molar-refractivity contribution in [1.29, 1.82) is 0 Å². The summed E-state index contributed by atoms with van der Waals surface area (Å²) >= 11 is 0. The number of rotatable bonds is 5. The number of hydrogen-bond donors (Lipinski definition) is 2. The molecule has 2 aliphatic heterocycles. The number of nitrogens with one attached hydrogen (secondary N) is 2. The van der Waals surface area contributed by atoms with Crippen LogP contribution in [0, 0.1) is 0 Å². The average molecular weight is 431 g/mol. The van der Waals surface area contributed by atoms with Gasteiger partial charge in [0.2, 0.25) is 0 Å². The van der Waals surface area contributed by atoms with Gasteiger partial charge in [-0.3, -0.25) is 4.99 Å². The average Bonchev–Trinajstić information content (AvgIpc) is 2.60. The zero-order chi connectivity index (χ0) is 15.0. The van der Waals surface area contributed by atoms with Crippen LogP contribution >= 0.6 is 24.0 Å². The second-order valence-corrected chi connectivity index (χ2v) is 5.81. The second kappa shape index (κ2) is 10.1. The van der Waals surface area contributed by atoms with E-state index in [-0.39, 0.29) is 24.0 Å². The van der Waals surface area contributed by atoms with E-state index in [1.807, 2.05) is 0 Å². The van der Waals surface area contributed by atoms with Gasteiger partial charge in [0.1, 0.15) is 0 Å². The van der Waals surface area contributed by atoms with E-state index < -0.39 is 0 Å². The van der Waals surface area contributed by atoms with Crippen molar-refractivity contribution in [3.05, 3.63) is 35.4 Å². The number of guanidine groups is 1. The molecule has 1 fully saturated rings. The smallest absolute Gasteiger partial charge is 0.191 e.